The highest BCUT2D eigenvalue weighted by molar-refractivity contribution is 5.76. The molecular formula is C19H26N4O2. The number of amides is 1. The third-order valence-corrected chi connectivity index (χ3v) is 4.82. The van der Waals surface area contributed by atoms with Crippen LogP contribution < -0.4 is 5.32 Å². The highest BCUT2D eigenvalue weighted by atomic mass is 16.3. The molecule has 1 saturated carbocycles. The Labute approximate surface area is 148 Å². The van der Waals surface area contributed by atoms with Crippen LogP contribution in [0.25, 0.3) is 0 Å². The van der Waals surface area contributed by atoms with Gasteiger partial charge in [0.15, 0.2) is 0 Å². The molecule has 0 saturated heterocycles. The maximum Gasteiger partial charge on any atom is 0.220 e. The third-order valence-electron chi connectivity index (χ3n) is 4.82. The molecule has 1 aliphatic carbocycles. The van der Waals surface area contributed by atoms with E-state index in [0.717, 1.165) is 30.0 Å². The highest BCUT2D eigenvalue weighted by Crippen LogP contribution is 2.37. The van der Waals surface area contributed by atoms with Gasteiger partial charge < -0.3 is 10.4 Å². The zero-order chi connectivity index (χ0) is 17.8. The summed E-state index contributed by atoms with van der Waals surface area (Å²) in [6.45, 7) is 4.74. The van der Waals surface area contributed by atoms with Crippen LogP contribution in [0.15, 0.2) is 30.5 Å². The minimum Gasteiger partial charge on any atom is -0.393 e. The Balaban J connectivity index is 1.54. The number of aliphatic hydroxyl groups is 1. The molecule has 2 aromatic rings. The Morgan fingerprint density at radius 1 is 1.40 bits per heavy atom. The van der Waals surface area contributed by atoms with Crippen molar-refractivity contribution in [1.82, 2.24) is 20.1 Å². The first-order chi connectivity index (χ1) is 12.0. The number of hydrogen-bond donors (Lipinski definition) is 2. The maximum absolute atomic E-state index is 12.4. The molecule has 2 N–H and O–H groups in total. The molecule has 3 rings (SSSR count). The summed E-state index contributed by atoms with van der Waals surface area (Å²) in [5.41, 5.74) is 2.99. The molecule has 134 valence electrons. The van der Waals surface area contributed by atoms with E-state index in [0.29, 0.717) is 19.3 Å². The summed E-state index contributed by atoms with van der Waals surface area (Å²) in [4.78, 5) is 16.8. The van der Waals surface area contributed by atoms with Gasteiger partial charge in [-0.3, -0.25) is 14.5 Å². The van der Waals surface area contributed by atoms with E-state index in [4.69, 9.17) is 0 Å². The van der Waals surface area contributed by atoms with Crippen molar-refractivity contribution >= 4 is 5.91 Å². The van der Waals surface area contributed by atoms with E-state index in [1.165, 1.54) is 0 Å². The minimum absolute atomic E-state index is 0.0265. The quantitative estimate of drug-likeness (QED) is 0.809. The number of hydrogen-bond acceptors (Lipinski definition) is 4. The molecule has 6 heteroatoms. The molecular weight excluding hydrogens is 316 g/mol. The molecule has 2 aromatic heterocycles. The van der Waals surface area contributed by atoms with Crippen molar-refractivity contribution in [3.8, 4) is 0 Å². The van der Waals surface area contributed by atoms with Gasteiger partial charge in [0.25, 0.3) is 0 Å². The average Bonchev–Trinajstić information content (AvgIpc) is 2.88. The van der Waals surface area contributed by atoms with Crippen LogP contribution in [-0.4, -0.2) is 31.9 Å². The van der Waals surface area contributed by atoms with Crippen LogP contribution in [0.3, 0.4) is 0 Å². The Morgan fingerprint density at radius 3 is 2.80 bits per heavy atom. The summed E-state index contributed by atoms with van der Waals surface area (Å²) in [6.07, 6.45) is 4.12. The summed E-state index contributed by atoms with van der Waals surface area (Å²) in [6, 6.07) is 7.65. The lowest BCUT2D eigenvalue weighted by Gasteiger charge is -2.37. The fraction of sp³-hybridized carbons (Fsp3) is 0.526. The second kappa shape index (κ2) is 7.78. The van der Waals surface area contributed by atoms with Gasteiger partial charge in [0.1, 0.15) is 0 Å². The van der Waals surface area contributed by atoms with Gasteiger partial charge in [0.2, 0.25) is 5.91 Å². The molecule has 1 aliphatic rings. The molecule has 1 amide bonds. The summed E-state index contributed by atoms with van der Waals surface area (Å²) >= 11 is 0. The zero-order valence-corrected chi connectivity index (χ0v) is 14.9. The van der Waals surface area contributed by atoms with Gasteiger partial charge in [0.05, 0.1) is 23.5 Å². The highest BCUT2D eigenvalue weighted by Gasteiger charge is 2.36. The van der Waals surface area contributed by atoms with Gasteiger partial charge in [-0.2, -0.15) is 5.10 Å². The van der Waals surface area contributed by atoms with E-state index in [2.05, 4.69) is 15.4 Å². The molecule has 1 atom stereocenters. The monoisotopic (exact) mass is 342 g/mol. The lowest BCUT2D eigenvalue weighted by atomic mass is 9.76. The molecule has 0 unspecified atom stereocenters. The number of carbonyl (C=O) groups is 1. The van der Waals surface area contributed by atoms with Gasteiger partial charge in [-0.05, 0) is 57.2 Å². The van der Waals surface area contributed by atoms with E-state index >= 15 is 0 Å². The van der Waals surface area contributed by atoms with Gasteiger partial charge in [-0.25, -0.2) is 0 Å². The number of nitrogens with one attached hydrogen (secondary N) is 1. The summed E-state index contributed by atoms with van der Waals surface area (Å²) < 4.78 is 1.95. The molecule has 6 nitrogen and oxygen atoms in total. The molecule has 0 radical (unpaired) electrons. The minimum atomic E-state index is -0.251. The number of pyridine rings is 1. The number of carbonyl (C=O) groups excluding carboxylic acids is 1. The fourth-order valence-electron chi connectivity index (χ4n) is 3.43. The molecule has 0 spiro atoms. The lowest BCUT2D eigenvalue weighted by molar-refractivity contribution is -0.123. The molecule has 2 heterocycles. The third kappa shape index (κ3) is 4.45. The van der Waals surface area contributed by atoms with Gasteiger partial charge in [-0.15, -0.1) is 0 Å². The standard InChI is InChI=1S/C19H26N4O2/c1-13-10-14(2)23(22-13)9-5-7-18(25)21-19(15-11-16(24)12-15)17-6-3-4-8-20-17/h3-4,6,8,10,15-16,19,24H,5,7,9,11-12H2,1-2H3,(H,21,25)/t15?,16?,19-/m1/s1. The first-order valence-corrected chi connectivity index (χ1v) is 8.92. The van der Waals surface area contributed by atoms with Crippen LogP contribution in [0, 0.1) is 19.8 Å². The van der Waals surface area contributed by atoms with E-state index in [1.54, 1.807) is 6.20 Å². The van der Waals surface area contributed by atoms with Crippen LogP contribution in [0.2, 0.25) is 0 Å². The molecule has 0 aliphatic heterocycles. The topological polar surface area (TPSA) is 80.0 Å². The summed E-state index contributed by atoms with van der Waals surface area (Å²) in [5, 5.41) is 17.1. The van der Waals surface area contributed by atoms with Crippen LogP contribution in [0.4, 0.5) is 0 Å². The predicted molar refractivity (Wildman–Crippen MR) is 94.8 cm³/mol. The number of aryl methyl sites for hydroxylation is 3. The van der Waals surface area contributed by atoms with Crippen molar-refractivity contribution in [1.29, 1.82) is 0 Å². The lowest BCUT2D eigenvalue weighted by Crippen LogP contribution is -2.41. The van der Waals surface area contributed by atoms with Crippen molar-refractivity contribution in [3.05, 3.63) is 47.5 Å². The van der Waals surface area contributed by atoms with Crippen molar-refractivity contribution in [2.45, 2.75) is 58.2 Å². The number of aliphatic hydroxyl groups excluding tert-OH is 1. The van der Waals surface area contributed by atoms with Crippen LogP contribution >= 0.6 is 0 Å². The van der Waals surface area contributed by atoms with Crippen molar-refractivity contribution in [3.63, 3.8) is 0 Å². The smallest absolute Gasteiger partial charge is 0.220 e. The molecule has 0 bridgehead atoms. The van der Waals surface area contributed by atoms with Crippen molar-refractivity contribution < 1.29 is 9.90 Å². The second-order valence-corrected chi connectivity index (χ2v) is 6.94. The first kappa shape index (κ1) is 17.6. The molecule has 1 fully saturated rings. The zero-order valence-electron chi connectivity index (χ0n) is 14.9. The summed E-state index contributed by atoms with van der Waals surface area (Å²) in [5.74, 6) is 0.281. The summed E-state index contributed by atoms with van der Waals surface area (Å²) in [7, 11) is 0. The Kier molecular flexibility index (Phi) is 5.48. The number of rotatable bonds is 7. The Hall–Kier alpha value is -2.21. The predicted octanol–water partition coefficient (Wildman–Crippen LogP) is 2.30. The number of aromatic nitrogens is 3. The van der Waals surface area contributed by atoms with Crippen LogP contribution in [0.1, 0.15) is 48.8 Å². The van der Waals surface area contributed by atoms with Gasteiger partial charge in [0, 0.05) is 24.9 Å². The molecule has 0 aromatic carbocycles. The van der Waals surface area contributed by atoms with E-state index in [9.17, 15) is 9.90 Å². The van der Waals surface area contributed by atoms with E-state index in [1.807, 2.05) is 42.8 Å². The second-order valence-electron chi connectivity index (χ2n) is 6.94. The normalized spacial score (nSPS) is 20.8. The van der Waals surface area contributed by atoms with Crippen LogP contribution in [-0.2, 0) is 11.3 Å². The first-order valence-electron chi connectivity index (χ1n) is 8.92. The largest absolute Gasteiger partial charge is 0.393 e. The maximum atomic E-state index is 12.4. The van der Waals surface area contributed by atoms with Gasteiger partial charge in [-0.1, -0.05) is 6.07 Å². The van der Waals surface area contributed by atoms with Crippen molar-refractivity contribution in [2.24, 2.45) is 5.92 Å². The average molecular weight is 342 g/mol. The Morgan fingerprint density at radius 2 is 2.20 bits per heavy atom. The van der Waals surface area contributed by atoms with Gasteiger partial charge >= 0.3 is 0 Å². The Bertz CT molecular complexity index is 707. The van der Waals surface area contributed by atoms with E-state index < -0.39 is 0 Å². The van der Waals surface area contributed by atoms with Crippen molar-refractivity contribution in [2.75, 3.05) is 0 Å². The fourth-order valence-corrected chi connectivity index (χ4v) is 3.43. The SMILES string of the molecule is Cc1cc(C)n(CCCC(=O)N[C@@H](c2ccccn2)C2CC(O)C2)n1. The van der Waals surface area contributed by atoms with E-state index in [-0.39, 0.29) is 24.0 Å². The van der Waals surface area contributed by atoms with Crippen LogP contribution in [0.5, 0.6) is 0 Å². The number of nitrogens with zero attached hydrogens (tertiary/aromatic N) is 3. The molecule has 25 heavy (non-hydrogen) atoms.